The normalized spacial score (nSPS) is 20.9. The van der Waals surface area contributed by atoms with E-state index in [9.17, 15) is 0 Å². The topological polar surface area (TPSA) is 36.7 Å². The third-order valence-electron chi connectivity index (χ3n) is 6.29. The van der Waals surface area contributed by atoms with Gasteiger partial charge in [-0.2, -0.15) is 5.10 Å². The number of anilines is 1. The van der Waals surface area contributed by atoms with Gasteiger partial charge >= 0.3 is 0 Å². The number of nitrogens with zero attached hydrogens (tertiary/aromatic N) is 5. The maximum Gasteiger partial charge on any atom is 0.179 e. The molecule has 5 heteroatoms. The number of aryl methyl sites for hydroxylation is 1. The molecule has 1 unspecified atom stereocenters. The Morgan fingerprint density at radius 3 is 2.64 bits per heavy atom. The van der Waals surface area contributed by atoms with Gasteiger partial charge in [-0.25, -0.2) is 9.50 Å². The van der Waals surface area contributed by atoms with Crippen LogP contribution in [-0.2, 0) is 6.54 Å². The second-order valence-electron chi connectivity index (χ2n) is 8.29. The Balaban J connectivity index is 1.43. The third-order valence-corrected chi connectivity index (χ3v) is 6.29. The fourth-order valence-electron chi connectivity index (χ4n) is 4.96. The molecule has 2 aliphatic rings. The molecule has 1 atom stereocenters. The Labute approximate surface area is 167 Å². The average Bonchev–Trinajstić information content (AvgIpc) is 3.35. The fourth-order valence-corrected chi connectivity index (χ4v) is 4.96. The van der Waals surface area contributed by atoms with E-state index in [4.69, 9.17) is 10.1 Å². The SMILES string of the molecule is Cc1nn2c(C3CCCN(Cc4ccccc4)C3)ccnc2c1N1CCCC1. The number of piperidine rings is 1. The minimum absolute atomic E-state index is 0.508. The van der Waals surface area contributed by atoms with Gasteiger partial charge in [0.1, 0.15) is 5.69 Å². The number of hydrogen-bond donors (Lipinski definition) is 0. The summed E-state index contributed by atoms with van der Waals surface area (Å²) in [6.07, 6.45) is 6.99. The second-order valence-corrected chi connectivity index (χ2v) is 8.29. The highest BCUT2D eigenvalue weighted by molar-refractivity contribution is 5.72. The summed E-state index contributed by atoms with van der Waals surface area (Å²) in [5.74, 6) is 0.508. The molecule has 3 aromatic rings. The first-order valence-electron chi connectivity index (χ1n) is 10.6. The Morgan fingerprint density at radius 1 is 1.00 bits per heavy atom. The van der Waals surface area contributed by atoms with Gasteiger partial charge in [0.25, 0.3) is 0 Å². The Kier molecular flexibility index (Phi) is 4.77. The molecular weight excluding hydrogens is 346 g/mol. The summed E-state index contributed by atoms with van der Waals surface area (Å²) in [6, 6.07) is 13.0. The van der Waals surface area contributed by atoms with Gasteiger partial charge in [0, 0.05) is 38.3 Å². The summed E-state index contributed by atoms with van der Waals surface area (Å²) < 4.78 is 2.14. The van der Waals surface area contributed by atoms with Gasteiger partial charge in [-0.15, -0.1) is 0 Å². The molecule has 0 bridgehead atoms. The summed E-state index contributed by atoms with van der Waals surface area (Å²) in [5, 5.41) is 4.94. The minimum Gasteiger partial charge on any atom is -0.367 e. The van der Waals surface area contributed by atoms with Crippen LogP contribution in [0, 0.1) is 6.92 Å². The van der Waals surface area contributed by atoms with Crippen LogP contribution in [0.3, 0.4) is 0 Å². The highest BCUT2D eigenvalue weighted by atomic mass is 15.3. The standard InChI is InChI=1S/C23H29N5/c1-18-22(27-14-5-6-15-27)23-24-12-11-21(28(23)25-18)20-10-7-13-26(17-20)16-19-8-3-2-4-9-19/h2-4,8-9,11-12,20H,5-7,10,13-17H2,1H3. The molecule has 4 heterocycles. The molecule has 0 spiro atoms. The summed E-state index contributed by atoms with van der Waals surface area (Å²) in [7, 11) is 0. The first-order valence-corrected chi connectivity index (χ1v) is 10.6. The molecule has 2 aromatic heterocycles. The summed E-state index contributed by atoms with van der Waals surface area (Å²) in [4.78, 5) is 9.79. The van der Waals surface area contributed by atoms with Crippen LogP contribution in [0.25, 0.3) is 5.65 Å². The van der Waals surface area contributed by atoms with Crippen molar-refractivity contribution in [1.29, 1.82) is 0 Å². The Morgan fingerprint density at radius 2 is 1.82 bits per heavy atom. The van der Waals surface area contributed by atoms with Crippen LogP contribution in [0.2, 0.25) is 0 Å². The number of rotatable bonds is 4. The van der Waals surface area contributed by atoms with Gasteiger partial charge < -0.3 is 4.90 Å². The molecule has 2 fully saturated rings. The van der Waals surface area contributed by atoms with Gasteiger partial charge in [0.15, 0.2) is 5.65 Å². The molecule has 0 N–H and O–H groups in total. The van der Waals surface area contributed by atoms with Crippen molar-refractivity contribution in [3.05, 3.63) is 59.5 Å². The van der Waals surface area contributed by atoms with Crippen molar-refractivity contribution >= 4 is 11.3 Å². The van der Waals surface area contributed by atoms with Crippen LogP contribution in [0.1, 0.15) is 48.6 Å². The molecule has 2 aliphatic heterocycles. The van der Waals surface area contributed by atoms with E-state index in [1.807, 2.05) is 6.20 Å². The maximum atomic E-state index is 4.94. The third kappa shape index (κ3) is 3.28. The van der Waals surface area contributed by atoms with Crippen molar-refractivity contribution in [3.8, 4) is 0 Å². The molecular formula is C23H29N5. The van der Waals surface area contributed by atoms with Crippen molar-refractivity contribution in [2.75, 3.05) is 31.1 Å². The van der Waals surface area contributed by atoms with Crippen LogP contribution in [0.15, 0.2) is 42.6 Å². The van der Waals surface area contributed by atoms with Gasteiger partial charge in [-0.3, -0.25) is 4.90 Å². The van der Waals surface area contributed by atoms with E-state index in [1.165, 1.54) is 49.2 Å². The monoisotopic (exact) mass is 375 g/mol. The van der Waals surface area contributed by atoms with Crippen LogP contribution in [-0.4, -0.2) is 45.7 Å². The van der Waals surface area contributed by atoms with Crippen LogP contribution < -0.4 is 4.90 Å². The van der Waals surface area contributed by atoms with Crippen molar-refractivity contribution in [1.82, 2.24) is 19.5 Å². The quantitative estimate of drug-likeness (QED) is 0.690. The molecule has 146 valence electrons. The zero-order valence-corrected chi connectivity index (χ0v) is 16.7. The van der Waals surface area contributed by atoms with E-state index in [0.29, 0.717) is 5.92 Å². The van der Waals surface area contributed by atoms with Gasteiger partial charge in [-0.05, 0) is 50.8 Å². The summed E-state index contributed by atoms with van der Waals surface area (Å²) in [6.45, 7) is 7.69. The van der Waals surface area contributed by atoms with E-state index >= 15 is 0 Å². The van der Waals surface area contributed by atoms with Crippen molar-refractivity contribution in [2.45, 2.75) is 45.1 Å². The number of aromatic nitrogens is 3. The molecule has 5 nitrogen and oxygen atoms in total. The average molecular weight is 376 g/mol. The Bertz CT molecular complexity index is 942. The lowest BCUT2D eigenvalue weighted by molar-refractivity contribution is 0.197. The van der Waals surface area contributed by atoms with E-state index < -0.39 is 0 Å². The summed E-state index contributed by atoms with van der Waals surface area (Å²) in [5.41, 5.74) is 6.11. The molecule has 0 saturated carbocycles. The molecule has 2 saturated heterocycles. The molecule has 0 aliphatic carbocycles. The van der Waals surface area contributed by atoms with Crippen molar-refractivity contribution in [2.24, 2.45) is 0 Å². The molecule has 0 radical (unpaired) electrons. The Hall–Kier alpha value is -2.40. The van der Waals surface area contributed by atoms with Gasteiger partial charge in [0.2, 0.25) is 0 Å². The smallest absolute Gasteiger partial charge is 0.179 e. The number of hydrogen-bond acceptors (Lipinski definition) is 4. The van der Waals surface area contributed by atoms with Crippen LogP contribution >= 0.6 is 0 Å². The number of benzene rings is 1. The van der Waals surface area contributed by atoms with E-state index in [1.54, 1.807) is 0 Å². The maximum absolute atomic E-state index is 4.94. The van der Waals surface area contributed by atoms with Crippen molar-refractivity contribution in [3.63, 3.8) is 0 Å². The molecule has 28 heavy (non-hydrogen) atoms. The number of likely N-dealkylation sites (tertiary alicyclic amines) is 1. The zero-order chi connectivity index (χ0) is 18.9. The summed E-state index contributed by atoms with van der Waals surface area (Å²) >= 11 is 0. The first-order chi connectivity index (χ1) is 13.8. The van der Waals surface area contributed by atoms with Gasteiger partial charge in [0.05, 0.1) is 11.4 Å². The lowest BCUT2D eigenvalue weighted by Crippen LogP contribution is -2.34. The highest BCUT2D eigenvalue weighted by Crippen LogP contribution is 2.32. The van der Waals surface area contributed by atoms with E-state index in [-0.39, 0.29) is 0 Å². The highest BCUT2D eigenvalue weighted by Gasteiger charge is 2.26. The predicted molar refractivity (Wildman–Crippen MR) is 113 cm³/mol. The van der Waals surface area contributed by atoms with E-state index in [2.05, 4.69) is 57.6 Å². The zero-order valence-electron chi connectivity index (χ0n) is 16.7. The number of fused-ring (bicyclic) bond motifs is 1. The molecule has 5 rings (SSSR count). The van der Waals surface area contributed by atoms with Crippen molar-refractivity contribution < 1.29 is 0 Å². The van der Waals surface area contributed by atoms with Gasteiger partial charge in [-0.1, -0.05) is 30.3 Å². The largest absolute Gasteiger partial charge is 0.367 e. The van der Waals surface area contributed by atoms with Crippen LogP contribution in [0.5, 0.6) is 0 Å². The van der Waals surface area contributed by atoms with Crippen LogP contribution in [0.4, 0.5) is 5.69 Å². The lowest BCUT2D eigenvalue weighted by atomic mass is 9.94. The second kappa shape index (κ2) is 7.55. The van der Waals surface area contributed by atoms with E-state index in [0.717, 1.165) is 37.5 Å². The fraction of sp³-hybridized carbons (Fsp3) is 0.478. The molecule has 0 amide bonds. The molecule has 1 aromatic carbocycles. The minimum atomic E-state index is 0.508. The predicted octanol–water partition coefficient (Wildman–Crippen LogP) is 4.02. The first kappa shape index (κ1) is 17.7. The lowest BCUT2D eigenvalue weighted by Gasteiger charge is -2.33.